The Kier molecular flexibility index (Phi) is 6.50. The highest BCUT2D eigenvalue weighted by Crippen LogP contribution is 2.33. The standard InChI is InChI=1S/C25H27N7O2/c1-3-13-31-14-5-4-6-19(31)24-30-21(22(23(26)33)32(24)27)17-7-9-18(10-8-17)25(34)29-20-15-16(2)11-12-28-20/h7-12,15,19H,4-6,14,27H2,1-2H3,(H2,26,33)(H,28,29,34)/t19-/m0/s1. The Bertz CT molecular complexity index is 1280. The second-order valence-electron chi connectivity index (χ2n) is 8.22. The van der Waals surface area contributed by atoms with E-state index in [9.17, 15) is 9.59 Å². The Morgan fingerprint density at radius 2 is 1.94 bits per heavy atom. The molecule has 34 heavy (non-hydrogen) atoms. The van der Waals surface area contributed by atoms with Gasteiger partial charge in [0.05, 0.1) is 6.04 Å². The van der Waals surface area contributed by atoms with Gasteiger partial charge in [-0.15, -0.1) is 0 Å². The van der Waals surface area contributed by atoms with E-state index in [0.29, 0.717) is 28.5 Å². The van der Waals surface area contributed by atoms with Crippen LogP contribution in [-0.4, -0.2) is 37.9 Å². The van der Waals surface area contributed by atoms with E-state index in [1.165, 1.54) is 4.68 Å². The molecule has 1 saturated heterocycles. The number of hydrogen-bond donors (Lipinski definition) is 3. The summed E-state index contributed by atoms with van der Waals surface area (Å²) in [6, 6.07) is 13.4. The first kappa shape index (κ1) is 22.9. The molecule has 0 saturated carbocycles. The average Bonchev–Trinajstić information content (AvgIpc) is 3.17. The predicted octanol–water partition coefficient (Wildman–Crippen LogP) is 2.83. The van der Waals surface area contributed by atoms with E-state index in [-0.39, 0.29) is 17.6 Å². The van der Waals surface area contributed by atoms with Gasteiger partial charge in [0.2, 0.25) is 0 Å². The Hall–Kier alpha value is -4.32. The summed E-state index contributed by atoms with van der Waals surface area (Å²) in [4.78, 5) is 35.8. The third-order valence-corrected chi connectivity index (χ3v) is 5.81. The lowest BCUT2D eigenvalue weighted by Gasteiger charge is -2.32. The van der Waals surface area contributed by atoms with Gasteiger partial charge >= 0.3 is 0 Å². The molecule has 1 atom stereocenters. The number of primary amides is 1. The lowest BCUT2D eigenvalue weighted by Crippen LogP contribution is -2.33. The second kappa shape index (κ2) is 9.67. The normalized spacial score (nSPS) is 15.4. The zero-order chi connectivity index (χ0) is 24.2. The molecule has 174 valence electrons. The maximum absolute atomic E-state index is 12.6. The van der Waals surface area contributed by atoms with Gasteiger partial charge in [0.1, 0.15) is 11.5 Å². The van der Waals surface area contributed by atoms with Crippen LogP contribution in [0.4, 0.5) is 5.82 Å². The van der Waals surface area contributed by atoms with Gasteiger partial charge in [-0.3, -0.25) is 9.59 Å². The molecule has 1 fully saturated rings. The number of aryl methyl sites for hydroxylation is 1. The number of hydrogen-bond acceptors (Lipinski definition) is 6. The zero-order valence-electron chi connectivity index (χ0n) is 19.2. The lowest BCUT2D eigenvalue weighted by atomic mass is 10.0. The maximum Gasteiger partial charge on any atom is 0.269 e. The SMILES string of the molecule is CC#CN1CCCC[C@H]1c1nc(-c2ccc(C(=O)Nc3cc(C)ccn3)cc2)c(C(N)=O)n1N. The number of nitrogen functional groups attached to an aromatic ring is 1. The number of anilines is 1. The molecule has 0 bridgehead atoms. The fraction of sp³-hybridized carbons (Fsp3) is 0.280. The molecular weight excluding hydrogens is 430 g/mol. The number of nitrogens with zero attached hydrogens (tertiary/aromatic N) is 4. The van der Waals surface area contributed by atoms with Crippen molar-refractivity contribution in [2.24, 2.45) is 5.73 Å². The van der Waals surface area contributed by atoms with Crippen LogP contribution in [0.1, 0.15) is 64.5 Å². The Morgan fingerprint density at radius 1 is 1.18 bits per heavy atom. The Balaban J connectivity index is 1.64. The number of benzene rings is 1. The summed E-state index contributed by atoms with van der Waals surface area (Å²) in [6.45, 7) is 4.52. The minimum atomic E-state index is -0.674. The molecule has 1 aromatic carbocycles. The van der Waals surface area contributed by atoms with Gasteiger partial charge in [0.15, 0.2) is 11.5 Å². The lowest BCUT2D eigenvalue weighted by molar-refractivity contribution is 0.0990. The van der Waals surface area contributed by atoms with Crippen molar-refractivity contribution in [3.63, 3.8) is 0 Å². The molecular formula is C25H27N7O2. The van der Waals surface area contributed by atoms with Gasteiger partial charge in [-0.05, 0) is 62.9 Å². The third kappa shape index (κ3) is 4.57. The number of carbonyl (C=O) groups excluding carboxylic acids is 2. The largest absolute Gasteiger partial charge is 0.364 e. The van der Waals surface area contributed by atoms with E-state index >= 15 is 0 Å². The summed E-state index contributed by atoms with van der Waals surface area (Å²) in [6.07, 6.45) is 4.51. The Labute approximate surface area is 198 Å². The number of aromatic nitrogens is 3. The molecule has 0 spiro atoms. The molecule has 1 aliphatic heterocycles. The van der Waals surface area contributed by atoms with E-state index in [2.05, 4.69) is 22.3 Å². The monoisotopic (exact) mass is 457 g/mol. The van der Waals surface area contributed by atoms with Crippen molar-refractivity contribution < 1.29 is 9.59 Å². The number of carbonyl (C=O) groups is 2. The number of likely N-dealkylation sites (tertiary alicyclic amines) is 1. The minimum Gasteiger partial charge on any atom is -0.364 e. The highest BCUT2D eigenvalue weighted by atomic mass is 16.2. The zero-order valence-corrected chi connectivity index (χ0v) is 19.2. The molecule has 2 aromatic heterocycles. The number of rotatable bonds is 5. The molecule has 0 radical (unpaired) electrons. The molecule has 0 unspecified atom stereocenters. The van der Waals surface area contributed by atoms with Crippen LogP contribution in [0.25, 0.3) is 11.3 Å². The van der Waals surface area contributed by atoms with E-state index in [1.54, 1.807) is 43.5 Å². The van der Waals surface area contributed by atoms with Crippen LogP contribution in [-0.2, 0) is 0 Å². The van der Waals surface area contributed by atoms with Crippen LogP contribution >= 0.6 is 0 Å². The third-order valence-electron chi connectivity index (χ3n) is 5.81. The number of piperidine rings is 1. The molecule has 1 aliphatic rings. The first-order valence-corrected chi connectivity index (χ1v) is 11.1. The summed E-state index contributed by atoms with van der Waals surface area (Å²) in [5, 5.41) is 2.78. The van der Waals surface area contributed by atoms with Crippen molar-refractivity contribution in [2.75, 3.05) is 17.7 Å². The van der Waals surface area contributed by atoms with Crippen molar-refractivity contribution in [2.45, 2.75) is 39.2 Å². The van der Waals surface area contributed by atoms with Gasteiger partial charge in [0.25, 0.3) is 11.8 Å². The summed E-state index contributed by atoms with van der Waals surface area (Å²) < 4.78 is 1.28. The van der Waals surface area contributed by atoms with E-state index in [4.69, 9.17) is 16.6 Å². The van der Waals surface area contributed by atoms with Gasteiger partial charge in [-0.25, -0.2) is 14.6 Å². The molecule has 0 aliphatic carbocycles. The fourth-order valence-corrected chi connectivity index (χ4v) is 4.17. The van der Waals surface area contributed by atoms with Crippen molar-refractivity contribution >= 4 is 17.6 Å². The quantitative estimate of drug-likeness (QED) is 0.399. The number of nitrogens with two attached hydrogens (primary N) is 2. The predicted molar refractivity (Wildman–Crippen MR) is 130 cm³/mol. The van der Waals surface area contributed by atoms with E-state index < -0.39 is 5.91 Å². The Morgan fingerprint density at radius 3 is 2.62 bits per heavy atom. The summed E-state index contributed by atoms with van der Waals surface area (Å²) in [5.41, 5.74) is 8.24. The number of nitrogens with one attached hydrogen (secondary N) is 1. The van der Waals surface area contributed by atoms with Crippen LogP contribution < -0.4 is 16.9 Å². The molecule has 3 heterocycles. The van der Waals surface area contributed by atoms with Crippen molar-refractivity contribution in [1.82, 2.24) is 19.5 Å². The van der Waals surface area contributed by atoms with Crippen LogP contribution in [0.3, 0.4) is 0 Å². The van der Waals surface area contributed by atoms with Crippen molar-refractivity contribution in [1.29, 1.82) is 0 Å². The highest BCUT2D eigenvalue weighted by molar-refractivity contribution is 6.04. The topological polar surface area (TPSA) is 132 Å². The average molecular weight is 458 g/mol. The van der Waals surface area contributed by atoms with Crippen LogP contribution in [0.15, 0.2) is 42.6 Å². The van der Waals surface area contributed by atoms with Gasteiger partial charge in [-0.1, -0.05) is 18.1 Å². The van der Waals surface area contributed by atoms with E-state index in [0.717, 1.165) is 31.4 Å². The smallest absolute Gasteiger partial charge is 0.269 e. The molecule has 4 rings (SSSR count). The van der Waals surface area contributed by atoms with Gasteiger partial charge in [0, 0.05) is 29.9 Å². The highest BCUT2D eigenvalue weighted by Gasteiger charge is 2.30. The molecule has 9 heteroatoms. The first-order valence-electron chi connectivity index (χ1n) is 11.1. The molecule has 3 aromatic rings. The van der Waals surface area contributed by atoms with Crippen LogP contribution in [0.2, 0.25) is 0 Å². The fourth-order valence-electron chi connectivity index (χ4n) is 4.17. The number of amides is 2. The summed E-state index contributed by atoms with van der Waals surface area (Å²) in [7, 11) is 0. The van der Waals surface area contributed by atoms with E-state index in [1.807, 2.05) is 17.9 Å². The number of imidazole rings is 1. The summed E-state index contributed by atoms with van der Waals surface area (Å²) >= 11 is 0. The molecule has 5 N–H and O–H groups in total. The summed E-state index contributed by atoms with van der Waals surface area (Å²) in [5.74, 6) is 9.30. The van der Waals surface area contributed by atoms with Gasteiger partial charge in [-0.2, -0.15) is 0 Å². The molecule has 9 nitrogen and oxygen atoms in total. The second-order valence-corrected chi connectivity index (χ2v) is 8.22. The molecule has 2 amide bonds. The van der Waals surface area contributed by atoms with Crippen molar-refractivity contribution in [3.05, 3.63) is 65.2 Å². The minimum absolute atomic E-state index is 0.117. The van der Waals surface area contributed by atoms with Crippen molar-refractivity contribution in [3.8, 4) is 23.2 Å². The number of pyridine rings is 1. The van der Waals surface area contributed by atoms with Crippen LogP contribution in [0.5, 0.6) is 0 Å². The van der Waals surface area contributed by atoms with Crippen LogP contribution in [0, 0.1) is 18.9 Å². The maximum atomic E-state index is 12.6. The first-order chi connectivity index (χ1) is 16.4. The van der Waals surface area contributed by atoms with Gasteiger partial charge < -0.3 is 21.8 Å².